The fourth-order valence-corrected chi connectivity index (χ4v) is 2.23. The molecule has 0 saturated carbocycles. The third kappa shape index (κ3) is 2.56. The number of benzene rings is 2. The van der Waals surface area contributed by atoms with Crippen LogP contribution < -0.4 is 37.7 Å². The van der Waals surface area contributed by atoms with Gasteiger partial charge in [-0.05, 0) is 11.6 Å². The summed E-state index contributed by atoms with van der Waals surface area (Å²) in [4.78, 5) is 0. The van der Waals surface area contributed by atoms with Crippen LogP contribution in [-0.4, -0.2) is 30.0 Å². The Labute approximate surface area is 151 Å². The number of rotatable bonds is 2. The molecule has 0 aliphatic rings. The van der Waals surface area contributed by atoms with Crippen molar-refractivity contribution >= 4 is 22.1 Å². The van der Waals surface area contributed by atoms with E-state index in [0.717, 1.165) is 28.2 Å². The van der Waals surface area contributed by atoms with Gasteiger partial charge in [-0.1, -0.05) is 35.9 Å². The number of nitrogens with zero attached hydrogens (tertiary/aromatic N) is 6. The van der Waals surface area contributed by atoms with E-state index in [1.54, 1.807) is 9.36 Å². The first-order valence-electron chi connectivity index (χ1n) is 6.21. The summed E-state index contributed by atoms with van der Waals surface area (Å²) < 4.78 is 3.47. The van der Waals surface area contributed by atoms with Crippen LogP contribution in [0.15, 0.2) is 42.5 Å². The molecule has 2 heterocycles. The molecule has 0 bridgehead atoms. The SMILES string of the molecule is C[C-](n1nnc2ccc[c-]c21)n1nnc2ccccc21.[Li+].[Li+]. The summed E-state index contributed by atoms with van der Waals surface area (Å²) in [7, 11) is 0. The monoisotopic (exact) mass is 276 g/mol. The Morgan fingerprint density at radius 1 is 0.909 bits per heavy atom. The number of hydrogen-bond donors (Lipinski definition) is 0. The predicted molar refractivity (Wildman–Crippen MR) is 73.6 cm³/mol. The van der Waals surface area contributed by atoms with E-state index in [1.165, 1.54) is 0 Å². The Balaban J connectivity index is 0.000000882. The van der Waals surface area contributed by atoms with Gasteiger partial charge in [0.25, 0.3) is 0 Å². The maximum absolute atomic E-state index is 4.19. The smallest absolute Gasteiger partial charge is 0.329 e. The first kappa shape index (κ1) is 16.7. The second-order valence-corrected chi connectivity index (χ2v) is 4.44. The van der Waals surface area contributed by atoms with Gasteiger partial charge in [0.05, 0.1) is 5.52 Å². The summed E-state index contributed by atoms with van der Waals surface area (Å²) in [5.41, 5.74) is 3.41. The van der Waals surface area contributed by atoms with E-state index in [9.17, 15) is 0 Å². The van der Waals surface area contributed by atoms with E-state index in [0.29, 0.717) is 0 Å². The van der Waals surface area contributed by atoms with E-state index in [-0.39, 0.29) is 37.7 Å². The van der Waals surface area contributed by atoms with Crippen molar-refractivity contribution in [1.82, 2.24) is 30.0 Å². The maximum atomic E-state index is 4.19. The van der Waals surface area contributed by atoms with Gasteiger partial charge in [0.15, 0.2) is 0 Å². The van der Waals surface area contributed by atoms with Gasteiger partial charge in [-0.15, -0.1) is 15.8 Å². The summed E-state index contributed by atoms with van der Waals surface area (Å²) in [6.07, 6.45) is 0.809. The van der Waals surface area contributed by atoms with Crippen LogP contribution in [0.5, 0.6) is 0 Å². The Morgan fingerprint density at radius 3 is 2.45 bits per heavy atom. The molecule has 4 rings (SSSR count). The van der Waals surface area contributed by atoms with Gasteiger partial charge in [0.2, 0.25) is 0 Å². The molecule has 0 unspecified atom stereocenters. The molecule has 6 nitrogen and oxygen atoms in total. The zero-order valence-corrected chi connectivity index (χ0v) is 12.7. The summed E-state index contributed by atoms with van der Waals surface area (Å²) >= 11 is 0. The second-order valence-electron chi connectivity index (χ2n) is 4.44. The molecule has 8 heteroatoms. The Kier molecular flexibility index (Phi) is 5.00. The topological polar surface area (TPSA) is 61.4 Å². The maximum Gasteiger partial charge on any atom is 1.00 e. The number of hydrogen-bond acceptors (Lipinski definition) is 4. The van der Waals surface area contributed by atoms with Crippen molar-refractivity contribution in [2.24, 2.45) is 0 Å². The van der Waals surface area contributed by atoms with Crippen LogP contribution in [0.25, 0.3) is 22.1 Å². The molecule has 0 radical (unpaired) electrons. The van der Waals surface area contributed by atoms with Crippen LogP contribution in [0.1, 0.15) is 6.92 Å². The van der Waals surface area contributed by atoms with E-state index < -0.39 is 0 Å². The van der Waals surface area contributed by atoms with Crippen molar-refractivity contribution in [3.8, 4) is 0 Å². The summed E-state index contributed by atoms with van der Waals surface area (Å²) in [5, 5.41) is 16.6. The predicted octanol–water partition coefficient (Wildman–Crippen LogP) is -4.11. The van der Waals surface area contributed by atoms with Crippen LogP contribution in [0.4, 0.5) is 0 Å². The fraction of sp³-hybridized carbons (Fsp3) is 0.0714. The standard InChI is InChI=1S/C14H10N6.2Li/c1-10(19-13-8-4-2-6-11(13)15-17-19)20-14-9-5-3-7-12(14)16-18-20;;/h2-8H,1H3;;/q-2;2*+1. The normalized spacial score (nSPS) is 10.2. The van der Waals surface area contributed by atoms with Gasteiger partial charge in [0, 0.05) is 6.17 Å². The first-order valence-corrected chi connectivity index (χ1v) is 6.21. The molecule has 0 N–H and O–H groups in total. The largest absolute Gasteiger partial charge is 1.00 e. The average Bonchev–Trinajstić information content (AvgIpc) is 3.11. The van der Waals surface area contributed by atoms with Crippen LogP contribution in [0, 0.1) is 12.2 Å². The molecule has 0 fully saturated rings. The molecule has 2 aromatic heterocycles. The molecule has 0 amide bonds. The van der Waals surface area contributed by atoms with Crippen LogP contribution in [0.3, 0.4) is 0 Å². The van der Waals surface area contributed by atoms with Gasteiger partial charge < -0.3 is 9.36 Å². The molecule has 0 atom stereocenters. The van der Waals surface area contributed by atoms with Crippen molar-refractivity contribution in [2.75, 3.05) is 0 Å². The summed E-state index contributed by atoms with van der Waals surface area (Å²) in [6, 6.07) is 16.6. The molecule has 98 valence electrons. The van der Waals surface area contributed by atoms with E-state index in [2.05, 4.69) is 26.7 Å². The molecular formula is C14H10Li2N6. The third-order valence-corrected chi connectivity index (χ3v) is 3.23. The Hall–Kier alpha value is -1.70. The van der Waals surface area contributed by atoms with Crippen molar-refractivity contribution in [3.63, 3.8) is 0 Å². The molecule has 4 aromatic rings. The summed E-state index contributed by atoms with van der Waals surface area (Å²) in [6.45, 7) is 1.93. The Bertz CT molecular complexity index is 826. The summed E-state index contributed by atoms with van der Waals surface area (Å²) in [5.74, 6) is 0. The molecule has 0 spiro atoms. The molecule has 0 aliphatic carbocycles. The number of fused-ring (bicyclic) bond motifs is 2. The van der Waals surface area contributed by atoms with Crippen LogP contribution in [-0.2, 0) is 0 Å². The molecule has 0 saturated heterocycles. The second kappa shape index (κ2) is 6.60. The van der Waals surface area contributed by atoms with Crippen molar-refractivity contribution < 1.29 is 37.7 Å². The van der Waals surface area contributed by atoms with Gasteiger partial charge in [-0.3, -0.25) is 0 Å². The molecule has 22 heavy (non-hydrogen) atoms. The minimum Gasteiger partial charge on any atom is -0.329 e. The minimum absolute atomic E-state index is 0. The fourth-order valence-electron chi connectivity index (χ4n) is 2.23. The van der Waals surface area contributed by atoms with Gasteiger partial charge in [-0.2, -0.15) is 18.2 Å². The van der Waals surface area contributed by atoms with Crippen molar-refractivity contribution in [1.29, 1.82) is 0 Å². The van der Waals surface area contributed by atoms with Gasteiger partial charge in [-0.25, -0.2) is 11.2 Å². The average molecular weight is 276 g/mol. The Morgan fingerprint density at radius 2 is 1.59 bits per heavy atom. The number of para-hydroxylation sites is 2. The third-order valence-electron chi connectivity index (χ3n) is 3.23. The quantitative estimate of drug-likeness (QED) is 0.276. The zero-order valence-electron chi connectivity index (χ0n) is 12.7. The van der Waals surface area contributed by atoms with Gasteiger partial charge >= 0.3 is 37.7 Å². The molecule has 0 aliphatic heterocycles. The molecule has 2 aromatic carbocycles. The van der Waals surface area contributed by atoms with Crippen molar-refractivity contribution in [3.05, 3.63) is 54.7 Å². The minimum atomic E-state index is 0. The number of aromatic nitrogens is 6. The van der Waals surface area contributed by atoms with E-state index >= 15 is 0 Å². The molecular weight excluding hydrogens is 266 g/mol. The van der Waals surface area contributed by atoms with Crippen LogP contribution in [0.2, 0.25) is 0 Å². The van der Waals surface area contributed by atoms with Crippen LogP contribution >= 0.6 is 0 Å². The van der Waals surface area contributed by atoms with E-state index in [4.69, 9.17) is 0 Å². The zero-order chi connectivity index (χ0) is 13.5. The van der Waals surface area contributed by atoms with Crippen molar-refractivity contribution in [2.45, 2.75) is 6.92 Å². The first-order chi connectivity index (χ1) is 9.84. The van der Waals surface area contributed by atoms with Gasteiger partial charge in [0.1, 0.15) is 0 Å². The van der Waals surface area contributed by atoms with E-state index in [1.807, 2.05) is 49.4 Å².